The fraction of sp³-hybridized carbons (Fsp3) is 0.615. The van der Waals surface area contributed by atoms with Gasteiger partial charge < -0.3 is 21.9 Å². The van der Waals surface area contributed by atoms with Gasteiger partial charge in [0.15, 0.2) is 5.78 Å². The number of hydrogen-bond donors (Lipinski definition) is 4. The van der Waals surface area contributed by atoms with E-state index < -0.39 is 23.5 Å². The molecule has 21 heavy (non-hydrogen) atoms. The van der Waals surface area contributed by atoms with Gasteiger partial charge in [0, 0.05) is 23.7 Å². The summed E-state index contributed by atoms with van der Waals surface area (Å²) in [5, 5.41) is 11.7. The molecule has 1 aliphatic rings. The van der Waals surface area contributed by atoms with Crippen molar-refractivity contribution >= 4 is 17.8 Å². The summed E-state index contributed by atoms with van der Waals surface area (Å²) < 4.78 is 0. The van der Waals surface area contributed by atoms with Crippen molar-refractivity contribution < 1.29 is 19.5 Å². The molecule has 0 radical (unpaired) electrons. The van der Waals surface area contributed by atoms with Crippen LogP contribution in [0.2, 0.25) is 0 Å². The fourth-order valence-corrected chi connectivity index (χ4v) is 1.95. The van der Waals surface area contributed by atoms with E-state index in [-0.39, 0.29) is 30.6 Å². The van der Waals surface area contributed by atoms with E-state index in [4.69, 9.17) is 16.6 Å². The summed E-state index contributed by atoms with van der Waals surface area (Å²) in [6, 6.07) is -0.892. The van der Waals surface area contributed by atoms with Crippen molar-refractivity contribution in [3.63, 3.8) is 0 Å². The number of nitrogens with one attached hydrogen (secondary N) is 1. The van der Waals surface area contributed by atoms with Crippen LogP contribution in [0.3, 0.4) is 0 Å². The molecule has 2 atom stereocenters. The van der Waals surface area contributed by atoms with Crippen LogP contribution >= 0.6 is 0 Å². The van der Waals surface area contributed by atoms with Gasteiger partial charge in [-0.2, -0.15) is 0 Å². The van der Waals surface area contributed by atoms with Crippen molar-refractivity contribution in [3.8, 4) is 0 Å². The van der Waals surface area contributed by atoms with E-state index in [1.165, 1.54) is 6.08 Å². The van der Waals surface area contributed by atoms with Crippen LogP contribution in [0.1, 0.15) is 27.2 Å². The minimum atomic E-state index is -1.17. The second-order valence-corrected chi connectivity index (χ2v) is 6.07. The number of rotatable bonds is 5. The van der Waals surface area contributed by atoms with Crippen molar-refractivity contribution in [2.45, 2.75) is 44.8 Å². The molecule has 8 nitrogen and oxygen atoms in total. The zero-order valence-electron chi connectivity index (χ0n) is 12.4. The van der Waals surface area contributed by atoms with E-state index in [0.29, 0.717) is 0 Å². The molecular weight excluding hydrogens is 276 g/mol. The smallest absolute Gasteiger partial charge is 0.408 e. The van der Waals surface area contributed by atoms with E-state index in [0.717, 1.165) is 4.90 Å². The second kappa shape index (κ2) is 6.13. The lowest BCUT2D eigenvalue weighted by atomic mass is 9.95. The first-order valence-electron chi connectivity index (χ1n) is 6.57. The van der Waals surface area contributed by atoms with Crippen LogP contribution in [0.15, 0.2) is 11.8 Å². The van der Waals surface area contributed by atoms with E-state index in [2.05, 4.69) is 5.32 Å². The highest BCUT2D eigenvalue weighted by atomic mass is 16.4. The summed E-state index contributed by atoms with van der Waals surface area (Å²) in [4.78, 5) is 35.0. The molecule has 1 rings (SSSR count). The molecule has 6 N–H and O–H groups in total. The molecule has 0 aromatic carbocycles. The first-order valence-corrected chi connectivity index (χ1v) is 6.57. The Morgan fingerprint density at radius 2 is 2.00 bits per heavy atom. The van der Waals surface area contributed by atoms with Crippen LogP contribution in [0, 0.1) is 0 Å². The van der Waals surface area contributed by atoms with Crippen LogP contribution < -0.4 is 16.8 Å². The predicted octanol–water partition coefficient (Wildman–Crippen LogP) is -0.608. The van der Waals surface area contributed by atoms with Crippen LogP contribution in [0.4, 0.5) is 4.79 Å². The van der Waals surface area contributed by atoms with Gasteiger partial charge in [0.25, 0.3) is 0 Å². The van der Waals surface area contributed by atoms with Gasteiger partial charge in [0.05, 0.1) is 12.6 Å². The maximum Gasteiger partial charge on any atom is 0.408 e. The normalized spacial score (nSPS) is 22.3. The number of carbonyl (C=O) groups excluding carboxylic acids is 2. The second-order valence-electron chi connectivity index (χ2n) is 6.07. The summed E-state index contributed by atoms with van der Waals surface area (Å²) in [5.74, 6) is -0.659. The number of hydrogen-bond acceptors (Lipinski definition) is 5. The Balaban J connectivity index is 2.60. The maximum atomic E-state index is 11.9. The molecule has 0 saturated carbocycles. The number of ketones is 1. The van der Waals surface area contributed by atoms with Gasteiger partial charge in [-0.25, -0.2) is 4.79 Å². The highest BCUT2D eigenvalue weighted by Gasteiger charge is 2.36. The summed E-state index contributed by atoms with van der Waals surface area (Å²) >= 11 is 0. The van der Waals surface area contributed by atoms with E-state index in [1.807, 2.05) is 0 Å². The van der Waals surface area contributed by atoms with Crippen molar-refractivity contribution in [2.24, 2.45) is 11.5 Å². The van der Waals surface area contributed by atoms with Gasteiger partial charge >= 0.3 is 6.09 Å². The molecule has 0 bridgehead atoms. The quantitative estimate of drug-likeness (QED) is 0.394. The van der Waals surface area contributed by atoms with Gasteiger partial charge in [-0.3, -0.25) is 14.5 Å². The average molecular weight is 298 g/mol. The lowest BCUT2D eigenvalue weighted by molar-refractivity contribution is -0.130. The SMILES string of the molecule is CC(C)(C)N(CC(=O)/C=C(/N)C[C@H]1NC(=O)[C@H]1N)C(=O)O. The Bertz CT molecular complexity index is 481. The Hall–Kier alpha value is -2.09. The summed E-state index contributed by atoms with van der Waals surface area (Å²) in [6.07, 6.45) is 0.288. The highest BCUT2D eigenvalue weighted by Crippen LogP contribution is 2.14. The van der Waals surface area contributed by atoms with E-state index in [9.17, 15) is 14.4 Å². The minimum absolute atomic E-state index is 0.246. The lowest BCUT2D eigenvalue weighted by Gasteiger charge is -2.34. The Labute approximate surface area is 123 Å². The summed E-state index contributed by atoms with van der Waals surface area (Å²) in [5.41, 5.74) is 10.9. The van der Waals surface area contributed by atoms with E-state index >= 15 is 0 Å². The molecule has 8 heteroatoms. The Morgan fingerprint density at radius 3 is 2.38 bits per heavy atom. The van der Waals surface area contributed by atoms with Gasteiger partial charge in [0.1, 0.15) is 6.04 Å². The monoisotopic (exact) mass is 298 g/mol. The van der Waals surface area contributed by atoms with Crippen molar-refractivity contribution in [3.05, 3.63) is 11.8 Å². The molecule has 1 heterocycles. The number of amides is 2. The number of nitrogens with two attached hydrogens (primary N) is 2. The summed E-state index contributed by atoms with van der Waals surface area (Å²) in [6.45, 7) is 4.82. The van der Waals surface area contributed by atoms with Gasteiger partial charge in [-0.05, 0) is 20.8 Å². The lowest BCUT2D eigenvalue weighted by Crippen LogP contribution is -2.66. The van der Waals surface area contributed by atoms with Crippen LogP contribution in [0.5, 0.6) is 0 Å². The van der Waals surface area contributed by atoms with Crippen LogP contribution in [-0.2, 0) is 9.59 Å². The van der Waals surface area contributed by atoms with E-state index in [1.54, 1.807) is 20.8 Å². The first-order chi connectivity index (χ1) is 9.52. The third-order valence-corrected chi connectivity index (χ3v) is 3.22. The summed E-state index contributed by atoms with van der Waals surface area (Å²) in [7, 11) is 0. The van der Waals surface area contributed by atoms with Crippen molar-refractivity contribution in [1.29, 1.82) is 0 Å². The molecule has 1 fully saturated rings. The topological polar surface area (TPSA) is 139 Å². The molecule has 0 aliphatic carbocycles. The maximum absolute atomic E-state index is 11.9. The molecule has 1 saturated heterocycles. The molecule has 118 valence electrons. The molecule has 0 aromatic heterocycles. The standard InChI is InChI=1S/C13H22N4O4/c1-13(2,3)17(12(20)21)6-8(18)4-7(14)5-9-10(15)11(19)16-9/h4,9-10H,5-6,14-15H2,1-3H3,(H,16,19)(H,20,21)/b7-4+/t9-,10+/m1/s1. The first kappa shape index (κ1) is 17.0. The zero-order valence-corrected chi connectivity index (χ0v) is 12.4. The number of nitrogens with zero attached hydrogens (tertiary/aromatic N) is 1. The van der Waals surface area contributed by atoms with Crippen LogP contribution in [-0.4, -0.2) is 52.0 Å². The predicted molar refractivity (Wildman–Crippen MR) is 76.3 cm³/mol. The molecule has 0 spiro atoms. The molecule has 0 aromatic rings. The van der Waals surface area contributed by atoms with Gasteiger partial charge in [0.2, 0.25) is 5.91 Å². The molecular formula is C13H22N4O4. The largest absolute Gasteiger partial charge is 0.465 e. The fourth-order valence-electron chi connectivity index (χ4n) is 1.95. The zero-order chi connectivity index (χ0) is 16.4. The molecule has 1 aliphatic heterocycles. The number of carboxylic acid groups (broad SMARTS) is 1. The van der Waals surface area contributed by atoms with Crippen LogP contribution in [0.25, 0.3) is 0 Å². The Kier molecular flexibility index (Phi) is 4.95. The number of carbonyl (C=O) groups is 3. The average Bonchev–Trinajstić information content (AvgIpc) is 2.33. The number of β-lactam (4-membered cyclic amide) rings is 1. The van der Waals surface area contributed by atoms with Crippen molar-refractivity contribution in [2.75, 3.05) is 6.54 Å². The highest BCUT2D eigenvalue weighted by molar-refractivity contribution is 5.94. The minimum Gasteiger partial charge on any atom is -0.465 e. The van der Waals surface area contributed by atoms with Crippen molar-refractivity contribution in [1.82, 2.24) is 10.2 Å². The molecule has 0 unspecified atom stereocenters. The third-order valence-electron chi connectivity index (χ3n) is 3.22. The Morgan fingerprint density at radius 1 is 1.43 bits per heavy atom. The van der Waals surface area contributed by atoms with Gasteiger partial charge in [-0.1, -0.05) is 0 Å². The molecule has 2 amide bonds. The van der Waals surface area contributed by atoms with Gasteiger partial charge in [-0.15, -0.1) is 0 Å². The third kappa shape index (κ3) is 4.45.